The molecule has 1 aliphatic rings. The molecule has 0 bridgehead atoms. The first-order valence-electron chi connectivity index (χ1n) is 17.1. The molecular formula is C35H66N2O2. The van der Waals surface area contributed by atoms with Crippen LogP contribution in [-0.2, 0) is 4.74 Å². The second-order valence-corrected chi connectivity index (χ2v) is 11.9. The van der Waals surface area contributed by atoms with Gasteiger partial charge in [0, 0.05) is 26.2 Å². The Kier molecular flexibility index (Phi) is 24.7. The van der Waals surface area contributed by atoms with Gasteiger partial charge in [0.1, 0.15) is 6.10 Å². The van der Waals surface area contributed by atoms with Gasteiger partial charge in [-0.15, -0.1) is 0 Å². The molecule has 1 rings (SSSR count). The maximum Gasteiger partial charge on any atom is 0.410 e. The molecule has 0 atom stereocenters. The number of carbonyl (C=O) groups excluding carboxylic acids is 1. The molecule has 0 unspecified atom stereocenters. The lowest BCUT2D eigenvalue weighted by Gasteiger charge is -2.31. The van der Waals surface area contributed by atoms with Crippen LogP contribution in [0.4, 0.5) is 4.79 Å². The lowest BCUT2D eigenvalue weighted by atomic mass is 10.1. The number of rotatable bonds is 25. The summed E-state index contributed by atoms with van der Waals surface area (Å²) in [4.78, 5) is 17.4. The van der Waals surface area contributed by atoms with Gasteiger partial charge in [-0.05, 0) is 64.8 Å². The molecule has 0 N–H and O–H groups in total. The number of allylic oxidation sites excluding steroid dienone is 4. The minimum Gasteiger partial charge on any atom is -0.446 e. The highest BCUT2D eigenvalue weighted by molar-refractivity contribution is 5.67. The van der Waals surface area contributed by atoms with Gasteiger partial charge in [-0.2, -0.15) is 0 Å². The fourth-order valence-corrected chi connectivity index (χ4v) is 5.34. The van der Waals surface area contributed by atoms with E-state index >= 15 is 0 Å². The van der Waals surface area contributed by atoms with Crippen LogP contribution in [0.25, 0.3) is 0 Å². The van der Waals surface area contributed by atoms with Crippen molar-refractivity contribution >= 4 is 6.09 Å². The summed E-state index contributed by atoms with van der Waals surface area (Å²) in [7, 11) is 2.15. The molecule has 1 heterocycles. The number of ether oxygens (including phenoxy) is 1. The van der Waals surface area contributed by atoms with Crippen LogP contribution in [0.15, 0.2) is 24.3 Å². The van der Waals surface area contributed by atoms with Crippen LogP contribution < -0.4 is 0 Å². The van der Waals surface area contributed by atoms with E-state index in [9.17, 15) is 4.79 Å². The summed E-state index contributed by atoms with van der Waals surface area (Å²) in [5.74, 6) is 0. The Morgan fingerprint density at radius 1 is 0.667 bits per heavy atom. The predicted molar refractivity (Wildman–Crippen MR) is 171 cm³/mol. The maximum atomic E-state index is 13.0. The number of amides is 1. The molecule has 0 spiro atoms. The Labute approximate surface area is 244 Å². The third kappa shape index (κ3) is 22.1. The van der Waals surface area contributed by atoms with E-state index in [2.05, 4.69) is 50.1 Å². The Balaban J connectivity index is 2.17. The van der Waals surface area contributed by atoms with Crippen LogP contribution in [0.5, 0.6) is 0 Å². The lowest BCUT2D eigenvalue weighted by molar-refractivity contribution is 0.0323. The van der Waals surface area contributed by atoms with Crippen molar-refractivity contribution in [2.45, 2.75) is 161 Å². The predicted octanol–water partition coefficient (Wildman–Crippen LogP) is 10.5. The van der Waals surface area contributed by atoms with Crippen molar-refractivity contribution < 1.29 is 9.53 Å². The summed E-state index contributed by atoms with van der Waals surface area (Å²) in [6, 6.07) is 0. The molecule has 0 saturated carbocycles. The number of unbranched alkanes of at least 4 members (excludes halogenated alkanes) is 16. The van der Waals surface area contributed by atoms with E-state index in [0.717, 1.165) is 58.3 Å². The largest absolute Gasteiger partial charge is 0.446 e. The van der Waals surface area contributed by atoms with Crippen LogP contribution in [0.1, 0.15) is 155 Å². The van der Waals surface area contributed by atoms with E-state index in [0.29, 0.717) is 0 Å². The number of hydrogen-bond acceptors (Lipinski definition) is 3. The summed E-state index contributed by atoms with van der Waals surface area (Å²) < 4.78 is 5.95. The normalized spacial score (nSPS) is 15.1. The summed E-state index contributed by atoms with van der Waals surface area (Å²) in [6.07, 6.45) is 36.7. The van der Waals surface area contributed by atoms with Crippen molar-refractivity contribution in [3.05, 3.63) is 24.3 Å². The van der Waals surface area contributed by atoms with Gasteiger partial charge in [0.2, 0.25) is 0 Å². The molecule has 4 heteroatoms. The number of carbonyl (C=O) groups is 1. The molecule has 0 aromatic heterocycles. The fourth-order valence-electron chi connectivity index (χ4n) is 5.34. The molecule has 1 fully saturated rings. The fraction of sp³-hybridized carbons (Fsp3) is 0.857. The zero-order chi connectivity index (χ0) is 28.2. The molecule has 0 aliphatic carbocycles. The average molecular weight is 547 g/mol. The zero-order valence-electron chi connectivity index (χ0n) is 26.5. The molecule has 0 aromatic carbocycles. The number of piperidine rings is 1. The van der Waals surface area contributed by atoms with Crippen molar-refractivity contribution in [1.82, 2.24) is 9.80 Å². The van der Waals surface area contributed by atoms with Gasteiger partial charge in [-0.1, -0.05) is 122 Å². The molecule has 0 radical (unpaired) electrons. The molecule has 1 amide bonds. The Bertz CT molecular complexity index is 595. The van der Waals surface area contributed by atoms with E-state index in [1.165, 1.54) is 109 Å². The van der Waals surface area contributed by atoms with Gasteiger partial charge in [0.05, 0.1) is 0 Å². The van der Waals surface area contributed by atoms with Crippen molar-refractivity contribution in [3.63, 3.8) is 0 Å². The molecule has 0 aromatic rings. The van der Waals surface area contributed by atoms with Crippen molar-refractivity contribution in [1.29, 1.82) is 0 Å². The maximum absolute atomic E-state index is 13.0. The Morgan fingerprint density at radius 2 is 1.10 bits per heavy atom. The highest BCUT2D eigenvalue weighted by Crippen LogP contribution is 2.16. The van der Waals surface area contributed by atoms with E-state index in [4.69, 9.17) is 4.74 Å². The molecule has 1 aliphatic heterocycles. The van der Waals surface area contributed by atoms with Gasteiger partial charge < -0.3 is 14.5 Å². The van der Waals surface area contributed by atoms with E-state index in [1.807, 2.05) is 4.90 Å². The minimum absolute atomic E-state index is 0.0601. The third-order valence-corrected chi connectivity index (χ3v) is 8.10. The number of likely N-dealkylation sites (tertiary alicyclic amines) is 1. The number of hydrogen-bond donors (Lipinski definition) is 0. The highest BCUT2D eigenvalue weighted by atomic mass is 16.6. The first kappa shape index (κ1) is 35.7. The Morgan fingerprint density at radius 3 is 1.64 bits per heavy atom. The van der Waals surface area contributed by atoms with Crippen LogP contribution >= 0.6 is 0 Å². The van der Waals surface area contributed by atoms with Gasteiger partial charge in [0.25, 0.3) is 0 Å². The summed E-state index contributed by atoms with van der Waals surface area (Å²) >= 11 is 0. The van der Waals surface area contributed by atoms with Crippen LogP contribution in [0.3, 0.4) is 0 Å². The van der Waals surface area contributed by atoms with Gasteiger partial charge in [-0.3, -0.25) is 0 Å². The quantitative estimate of drug-likeness (QED) is 0.0843. The first-order valence-corrected chi connectivity index (χ1v) is 17.1. The second-order valence-electron chi connectivity index (χ2n) is 11.9. The minimum atomic E-state index is -0.0601. The monoisotopic (exact) mass is 547 g/mol. The SMILES string of the molecule is CCCCC/C=C/C/C=C/CCCCCCCCN(CCCCCCCCCC)C(=O)OC1CCN(C)CC1. The van der Waals surface area contributed by atoms with Gasteiger partial charge >= 0.3 is 6.09 Å². The van der Waals surface area contributed by atoms with Crippen molar-refractivity contribution in [3.8, 4) is 0 Å². The van der Waals surface area contributed by atoms with E-state index < -0.39 is 0 Å². The zero-order valence-corrected chi connectivity index (χ0v) is 26.5. The van der Waals surface area contributed by atoms with Gasteiger partial charge in [0.15, 0.2) is 0 Å². The van der Waals surface area contributed by atoms with E-state index in [1.54, 1.807) is 0 Å². The summed E-state index contributed by atoms with van der Waals surface area (Å²) in [6.45, 7) is 8.31. The number of nitrogens with zero attached hydrogens (tertiary/aromatic N) is 2. The third-order valence-electron chi connectivity index (χ3n) is 8.10. The van der Waals surface area contributed by atoms with Crippen LogP contribution in [-0.4, -0.2) is 55.2 Å². The lowest BCUT2D eigenvalue weighted by Crippen LogP contribution is -2.40. The average Bonchev–Trinajstić information content (AvgIpc) is 2.94. The molecule has 1 saturated heterocycles. The van der Waals surface area contributed by atoms with Crippen LogP contribution in [0, 0.1) is 0 Å². The van der Waals surface area contributed by atoms with E-state index in [-0.39, 0.29) is 12.2 Å². The standard InChI is InChI=1S/C35H66N2O2/c1-4-6-8-10-12-14-15-16-17-18-19-20-21-23-25-27-31-37(30-26-24-22-13-11-9-7-5-2)35(38)39-34-28-32-36(3)33-29-34/h12,14,16-17,34H,4-11,13,15,18-33H2,1-3H3/b14-12+,17-16+. The van der Waals surface area contributed by atoms with Crippen molar-refractivity contribution in [2.24, 2.45) is 0 Å². The molecular weight excluding hydrogens is 480 g/mol. The highest BCUT2D eigenvalue weighted by Gasteiger charge is 2.23. The second kappa shape index (κ2) is 26.9. The molecule has 39 heavy (non-hydrogen) atoms. The smallest absolute Gasteiger partial charge is 0.410 e. The Hall–Kier alpha value is -1.29. The molecule has 228 valence electrons. The summed E-state index contributed by atoms with van der Waals surface area (Å²) in [5, 5.41) is 0. The van der Waals surface area contributed by atoms with Crippen molar-refractivity contribution in [2.75, 3.05) is 33.2 Å². The first-order chi connectivity index (χ1) is 19.2. The van der Waals surface area contributed by atoms with Crippen LogP contribution in [0.2, 0.25) is 0 Å². The molecule has 4 nitrogen and oxygen atoms in total. The summed E-state index contributed by atoms with van der Waals surface area (Å²) in [5.41, 5.74) is 0. The van der Waals surface area contributed by atoms with Gasteiger partial charge in [-0.25, -0.2) is 4.79 Å². The topological polar surface area (TPSA) is 32.8 Å².